The van der Waals surface area contributed by atoms with Crippen molar-refractivity contribution in [3.63, 3.8) is 0 Å². The summed E-state index contributed by atoms with van der Waals surface area (Å²) in [4.78, 5) is 27.9. The van der Waals surface area contributed by atoms with Crippen LogP contribution in [-0.2, 0) is 0 Å². The predicted octanol–water partition coefficient (Wildman–Crippen LogP) is 5.79. The number of benzene rings is 3. The first-order valence-corrected chi connectivity index (χ1v) is 9.95. The lowest BCUT2D eigenvalue weighted by atomic mass is 10.1. The molecule has 1 amide bonds. The van der Waals surface area contributed by atoms with Gasteiger partial charge in [-0.05, 0) is 36.4 Å². The van der Waals surface area contributed by atoms with Gasteiger partial charge in [0.25, 0.3) is 5.91 Å². The minimum atomic E-state index is -0.601. The molecular formula is C21H14ClN3O4S. The first kappa shape index (κ1) is 19.8. The SMILES string of the molecule is COc1ccc(C(=O)Nc2cc(-c3nc4ccccc4s3)ccc2Cl)cc1[N+](=O)[O-]. The number of nitrogens with zero attached hydrogens (tertiary/aromatic N) is 2. The molecule has 1 aromatic heterocycles. The van der Waals surface area contributed by atoms with E-state index in [0.29, 0.717) is 10.7 Å². The molecule has 3 aromatic carbocycles. The van der Waals surface area contributed by atoms with Gasteiger partial charge in [0.2, 0.25) is 0 Å². The largest absolute Gasteiger partial charge is 0.490 e. The molecule has 1 heterocycles. The molecule has 0 radical (unpaired) electrons. The van der Waals surface area contributed by atoms with E-state index >= 15 is 0 Å². The smallest absolute Gasteiger partial charge is 0.311 e. The van der Waals surface area contributed by atoms with Crippen LogP contribution in [0.5, 0.6) is 5.75 Å². The number of amides is 1. The third-order valence-electron chi connectivity index (χ3n) is 4.39. The molecule has 0 saturated carbocycles. The third kappa shape index (κ3) is 3.83. The maximum Gasteiger partial charge on any atom is 0.311 e. The molecule has 0 unspecified atom stereocenters. The molecule has 30 heavy (non-hydrogen) atoms. The number of carbonyl (C=O) groups excluding carboxylic acids is 1. The summed E-state index contributed by atoms with van der Waals surface area (Å²) in [6.45, 7) is 0. The van der Waals surface area contributed by atoms with Crippen LogP contribution < -0.4 is 10.1 Å². The Morgan fingerprint density at radius 1 is 1.17 bits per heavy atom. The van der Waals surface area contributed by atoms with E-state index in [1.807, 2.05) is 30.3 Å². The van der Waals surface area contributed by atoms with Crippen LogP contribution in [0.25, 0.3) is 20.8 Å². The molecule has 0 aliphatic carbocycles. The number of nitrogens with one attached hydrogen (secondary N) is 1. The fourth-order valence-electron chi connectivity index (χ4n) is 2.92. The normalized spacial score (nSPS) is 10.7. The molecule has 0 fully saturated rings. The van der Waals surface area contributed by atoms with E-state index < -0.39 is 10.8 Å². The van der Waals surface area contributed by atoms with Crippen molar-refractivity contribution in [1.29, 1.82) is 0 Å². The fourth-order valence-corrected chi connectivity index (χ4v) is 4.04. The van der Waals surface area contributed by atoms with Crippen LogP contribution in [0.4, 0.5) is 11.4 Å². The zero-order valence-electron chi connectivity index (χ0n) is 15.6. The number of para-hydroxylation sites is 1. The second-order valence-electron chi connectivity index (χ2n) is 6.28. The molecule has 0 spiro atoms. The topological polar surface area (TPSA) is 94.4 Å². The average molecular weight is 440 g/mol. The van der Waals surface area contributed by atoms with Gasteiger partial charge in [0.1, 0.15) is 5.01 Å². The zero-order chi connectivity index (χ0) is 21.3. The van der Waals surface area contributed by atoms with Gasteiger partial charge in [-0.3, -0.25) is 14.9 Å². The van der Waals surface area contributed by atoms with E-state index in [0.717, 1.165) is 20.8 Å². The van der Waals surface area contributed by atoms with E-state index in [2.05, 4.69) is 10.3 Å². The highest BCUT2D eigenvalue weighted by Gasteiger charge is 2.19. The highest BCUT2D eigenvalue weighted by atomic mass is 35.5. The molecule has 150 valence electrons. The number of nitro benzene ring substituents is 1. The van der Waals surface area contributed by atoms with Crippen LogP contribution >= 0.6 is 22.9 Å². The monoisotopic (exact) mass is 439 g/mol. The van der Waals surface area contributed by atoms with Gasteiger partial charge in [-0.1, -0.05) is 29.8 Å². The Hall–Kier alpha value is -3.49. The van der Waals surface area contributed by atoms with Gasteiger partial charge in [-0.15, -0.1) is 11.3 Å². The van der Waals surface area contributed by atoms with Crippen molar-refractivity contribution >= 4 is 50.4 Å². The number of nitro groups is 1. The summed E-state index contributed by atoms with van der Waals surface area (Å²) in [5, 5.41) is 15.1. The van der Waals surface area contributed by atoms with Gasteiger partial charge >= 0.3 is 5.69 Å². The van der Waals surface area contributed by atoms with Gasteiger partial charge in [-0.25, -0.2) is 4.98 Å². The lowest BCUT2D eigenvalue weighted by molar-refractivity contribution is -0.385. The van der Waals surface area contributed by atoms with E-state index in [1.165, 1.54) is 36.6 Å². The van der Waals surface area contributed by atoms with Crippen LogP contribution in [-0.4, -0.2) is 22.9 Å². The molecule has 9 heteroatoms. The van der Waals surface area contributed by atoms with Crippen LogP contribution in [0.1, 0.15) is 10.4 Å². The minimum absolute atomic E-state index is 0.0763. The molecular weight excluding hydrogens is 426 g/mol. The van der Waals surface area contributed by atoms with E-state index in [1.54, 1.807) is 12.1 Å². The van der Waals surface area contributed by atoms with E-state index in [9.17, 15) is 14.9 Å². The molecule has 7 nitrogen and oxygen atoms in total. The van der Waals surface area contributed by atoms with Crippen molar-refractivity contribution in [3.8, 4) is 16.3 Å². The Balaban J connectivity index is 1.65. The number of ether oxygens (including phenoxy) is 1. The Bertz CT molecular complexity index is 1260. The van der Waals surface area contributed by atoms with Gasteiger partial charge in [0, 0.05) is 17.2 Å². The number of fused-ring (bicyclic) bond motifs is 1. The van der Waals surface area contributed by atoms with Crippen molar-refractivity contribution < 1.29 is 14.5 Å². The molecule has 0 aliphatic rings. The summed E-state index contributed by atoms with van der Waals surface area (Å²) in [5.41, 5.74) is 1.90. The zero-order valence-corrected chi connectivity index (χ0v) is 17.2. The van der Waals surface area contributed by atoms with Gasteiger partial charge < -0.3 is 10.1 Å². The third-order valence-corrected chi connectivity index (χ3v) is 5.81. The maximum atomic E-state index is 12.7. The second kappa shape index (κ2) is 8.10. The second-order valence-corrected chi connectivity index (χ2v) is 7.72. The molecule has 4 aromatic rings. The molecule has 0 saturated heterocycles. The number of methoxy groups -OCH3 is 1. The van der Waals surface area contributed by atoms with Crippen LogP contribution in [0.2, 0.25) is 5.02 Å². The number of hydrogen-bond acceptors (Lipinski definition) is 6. The van der Waals surface area contributed by atoms with Crippen LogP contribution in [0.3, 0.4) is 0 Å². The number of rotatable bonds is 5. The van der Waals surface area contributed by atoms with Crippen molar-refractivity contribution in [2.45, 2.75) is 0 Å². The summed E-state index contributed by atoms with van der Waals surface area (Å²) in [7, 11) is 1.33. The molecule has 4 rings (SSSR count). The summed E-state index contributed by atoms with van der Waals surface area (Å²) in [6.07, 6.45) is 0. The summed E-state index contributed by atoms with van der Waals surface area (Å²) >= 11 is 7.80. The molecule has 1 N–H and O–H groups in total. The predicted molar refractivity (Wildman–Crippen MR) is 118 cm³/mol. The lowest BCUT2D eigenvalue weighted by Gasteiger charge is -2.09. The number of thiazole rings is 1. The maximum absolute atomic E-state index is 12.7. The number of carbonyl (C=O) groups is 1. The number of hydrogen-bond donors (Lipinski definition) is 1. The minimum Gasteiger partial charge on any atom is -0.490 e. The van der Waals surface area contributed by atoms with Gasteiger partial charge in [0.05, 0.1) is 33.0 Å². The van der Waals surface area contributed by atoms with Crippen molar-refractivity contribution in [1.82, 2.24) is 4.98 Å². The number of aromatic nitrogens is 1. The first-order chi connectivity index (χ1) is 14.5. The Labute approximate surface area is 180 Å². The molecule has 0 bridgehead atoms. The van der Waals surface area contributed by atoms with Crippen molar-refractivity contribution in [2.75, 3.05) is 12.4 Å². The Morgan fingerprint density at radius 3 is 2.70 bits per heavy atom. The van der Waals surface area contributed by atoms with Crippen molar-refractivity contribution in [2.24, 2.45) is 0 Å². The van der Waals surface area contributed by atoms with Gasteiger partial charge in [-0.2, -0.15) is 0 Å². The Kier molecular flexibility index (Phi) is 5.35. The standard InChI is InChI=1S/C21H14ClN3O4S/c1-29-18-9-7-12(11-17(18)25(27)28)20(26)23-16-10-13(6-8-14(16)22)21-24-15-4-2-3-5-19(15)30-21/h2-11H,1H3,(H,23,26). The van der Waals surface area contributed by atoms with Crippen LogP contribution in [0.15, 0.2) is 60.7 Å². The van der Waals surface area contributed by atoms with E-state index in [4.69, 9.17) is 16.3 Å². The Morgan fingerprint density at radius 2 is 1.97 bits per heavy atom. The van der Waals surface area contributed by atoms with Crippen molar-refractivity contribution in [3.05, 3.63) is 81.4 Å². The quantitative estimate of drug-likeness (QED) is 0.314. The number of halogens is 1. The number of anilines is 1. The summed E-state index contributed by atoms with van der Waals surface area (Å²) in [6, 6.07) is 17.0. The summed E-state index contributed by atoms with van der Waals surface area (Å²) in [5.74, 6) is -0.448. The summed E-state index contributed by atoms with van der Waals surface area (Å²) < 4.78 is 6.02. The van der Waals surface area contributed by atoms with Gasteiger partial charge in [0.15, 0.2) is 5.75 Å². The highest BCUT2D eigenvalue weighted by Crippen LogP contribution is 2.34. The lowest BCUT2D eigenvalue weighted by Crippen LogP contribution is -2.12. The van der Waals surface area contributed by atoms with Crippen LogP contribution in [0, 0.1) is 10.1 Å². The molecule has 0 aliphatic heterocycles. The first-order valence-electron chi connectivity index (χ1n) is 8.75. The average Bonchev–Trinajstić information content (AvgIpc) is 3.19. The fraction of sp³-hybridized carbons (Fsp3) is 0.0476. The molecule has 0 atom stereocenters. The van der Waals surface area contributed by atoms with E-state index in [-0.39, 0.29) is 17.0 Å². The highest BCUT2D eigenvalue weighted by molar-refractivity contribution is 7.21.